The summed E-state index contributed by atoms with van der Waals surface area (Å²) in [6, 6.07) is 14.8. The van der Waals surface area contributed by atoms with Gasteiger partial charge in [-0.25, -0.2) is 4.98 Å². The largest absolute Gasteiger partial charge is 0.392 e. The Kier molecular flexibility index (Phi) is 6.69. The van der Waals surface area contributed by atoms with Crippen LogP contribution in [0.3, 0.4) is 0 Å². The van der Waals surface area contributed by atoms with Crippen LogP contribution in [-0.2, 0) is 13.0 Å². The van der Waals surface area contributed by atoms with E-state index in [-0.39, 0.29) is 6.61 Å². The average molecular weight is 461 g/mol. The quantitative estimate of drug-likeness (QED) is 0.396. The molecule has 1 aliphatic carbocycles. The van der Waals surface area contributed by atoms with Gasteiger partial charge in [-0.2, -0.15) is 0 Å². The molecule has 1 N–H and O–H groups in total. The van der Waals surface area contributed by atoms with E-state index in [0.717, 1.165) is 34.8 Å². The lowest BCUT2D eigenvalue weighted by Gasteiger charge is -2.31. The van der Waals surface area contributed by atoms with Gasteiger partial charge in [-0.05, 0) is 61.9 Å². The van der Waals surface area contributed by atoms with Crippen LogP contribution in [0.25, 0.3) is 11.3 Å². The van der Waals surface area contributed by atoms with Crippen molar-refractivity contribution in [3.05, 3.63) is 68.5 Å². The zero-order valence-corrected chi connectivity index (χ0v) is 19.6. The number of hydrogen-bond acceptors (Lipinski definition) is 4. The zero-order valence-electron chi connectivity index (χ0n) is 17.2. The maximum atomic E-state index is 9.30. The van der Waals surface area contributed by atoms with Crippen LogP contribution in [0.15, 0.2) is 42.5 Å². The SMILES string of the molecule is CCC(Cc1ccc(CO)cc1)N(c1nc(-c2ccc(Cl)cc2Cl)c(C)s1)C1CC1. The summed E-state index contributed by atoms with van der Waals surface area (Å²) in [5.74, 6) is 0. The zero-order chi connectivity index (χ0) is 21.3. The van der Waals surface area contributed by atoms with Crippen molar-refractivity contribution in [1.82, 2.24) is 4.98 Å². The number of nitrogens with zero attached hydrogens (tertiary/aromatic N) is 2. The van der Waals surface area contributed by atoms with Crippen LogP contribution in [0.5, 0.6) is 0 Å². The van der Waals surface area contributed by atoms with Gasteiger partial charge in [-0.15, -0.1) is 11.3 Å². The Morgan fingerprint density at radius 3 is 2.43 bits per heavy atom. The van der Waals surface area contributed by atoms with Gasteiger partial charge < -0.3 is 10.0 Å². The summed E-state index contributed by atoms with van der Waals surface area (Å²) in [5.41, 5.74) is 4.12. The fourth-order valence-electron chi connectivity index (χ4n) is 3.88. The highest BCUT2D eigenvalue weighted by Gasteiger charge is 2.35. The summed E-state index contributed by atoms with van der Waals surface area (Å²) in [4.78, 5) is 8.76. The van der Waals surface area contributed by atoms with E-state index in [9.17, 15) is 5.11 Å². The Bertz CT molecular complexity index is 1010. The molecule has 0 aliphatic heterocycles. The van der Waals surface area contributed by atoms with Crippen molar-refractivity contribution in [2.75, 3.05) is 4.90 Å². The molecule has 1 heterocycles. The Hall–Kier alpha value is -1.59. The summed E-state index contributed by atoms with van der Waals surface area (Å²) in [6.45, 7) is 4.45. The lowest BCUT2D eigenvalue weighted by Crippen LogP contribution is -2.38. The van der Waals surface area contributed by atoms with Crippen molar-refractivity contribution >= 4 is 39.7 Å². The van der Waals surface area contributed by atoms with E-state index >= 15 is 0 Å². The summed E-state index contributed by atoms with van der Waals surface area (Å²) in [6.07, 6.45) is 4.45. The van der Waals surface area contributed by atoms with E-state index in [1.165, 1.54) is 23.3 Å². The fraction of sp³-hybridized carbons (Fsp3) is 0.375. The number of halogens is 2. The first-order chi connectivity index (χ1) is 14.5. The molecule has 0 bridgehead atoms. The number of aliphatic hydroxyl groups excluding tert-OH is 1. The van der Waals surface area contributed by atoms with Crippen LogP contribution in [0.1, 0.15) is 42.2 Å². The van der Waals surface area contributed by atoms with Crippen LogP contribution in [0.4, 0.5) is 5.13 Å². The monoisotopic (exact) mass is 460 g/mol. The van der Waals surface area contributed by atoms with Gasteiger partial charge >= 0.3 is 0 Å². The van der Waals surface area contributed by atoms with Gasteiger partial charge in [-0.1, -0.05) is 54.4 Å². The second-order valence-electron chi connectivity index (χ2n) is 7.90. The molecule has 0 radical (unpaired) electrons. The number of rotatable bonds is 8. The molecule has 1 aromatic heterocycles. The summed E-state index contributed by atoms with van der Waals surface area (Å²) in [5, 5.41) is 11.6. The highest BCUT2D eigenvalue weighted by Crippen LogP contribution is 2.42. The number of thiazole rings is 1. The Morgan fingerprint density at radius 1 is 1.13 bits per heavy atom. The van der Waals surface area contributed by atoms with Crippen molar-refractivity contribution in [3.63, 3.8) is 0 Å². The maximum absolute atomic E-state index is 9.30. The molecule has 2 aromatic carbocycles. The molecule has 1 saturated carbocycles. The molecule has 3 aromatic rings. The van der Waals surface area contributed by atoms with Gasteiger partial charge in [0.1, 0.15) is 0 Å². The Balaban J connectivity index is 1.63. The second-order valence-corrected chi connectivity index (χ2v) is 9.93. The molecular weight excluding hydrogens is 435 g/mol. The average Bonchev–Trinajstić information content (AvgIpc) is 3.50. The van der Waals surface area contributed by atoms with Crippen molar-refractivity contribution in [2.24, 2.45) is 0 Å². The van der Waals surface area contributed by atoms with Gasteiger partial charge in [-0.3, -0.25) is 0 Å². The van der Waals surface area contributed by atoms with Crippen LogP contribution >= 0.6 is 34.5 Å². The van der Waals surface area contributed by atoms with Crippen LogP contribution in [-0.4, -0.2) is 22.2 Å². The first kappa shape index (κ1) is 21.6. The summed E-state index contributed by atoms with van der Waals surface area (Å²) in [7, 11) is 0. The number of aryl methyl sites for hydroxylation is 1. The molecule has 0 spiro atoms. The van der Waals surface area contributed by atoms with E-state index in [0.29, 0.717) is 22.1 Å². The third-order valence-electron chi connectivity index (χ3n) is 5.67. The lowest BCUT2D eigenvalue weighted by molar-refractivity contribution is 0.282. The van der Waals surface area contributed by atoms with Gasteiger partial charge in [0.15, 0.2) is 5.13 Å². The molecular formula is C24H26Cl2N2OS. The van der Waals surface area contributed by atoms with Crippen molar-refractivity contribution in [1.29, 1.82) is 0 Å². The number of aromatic nitrogens is 1. The van der Waals surface area contributed by atoms with Crippen LogP contribution < -0.4 is 4.90 Å². The standard InChI is InChI=1S/C24H26Cl2N2OS/c1-3-19(12-16-4-6-17(14-29)7-5-16)28(20-9-10-20)24-27-23(15(2)30-24)21-11-8-18(25)13-22(21)26/h4-8,11,13,19-20,29H,3,9-10,12,14H2,1-2H3. The first-order valence-corrected chi connectivity index (χ1v) is 12.0. The normalized spacial score (nSPS) is 14.7. The van der Waals surface area contributed by atoms with Crippen molar-refractivity contribution < 1.29 is 5.11 Å². The summed E-state index contributed by atoms with van der Waals surface area (Å²) < 4.78 is 0. The maximum Gasteiger partial charge on any atom is 0.186 e. The highest BCUT2D eigenvalue weighted by atomic mass is 35.5. The smallest absolute Gasteiger partial charge is 0.186 e. The number of anilines is 1. The summed E-state index contributed by atoms with van der Waals surface area (Å²) >= 11 is 14.3. The third-order valence-corrected chi connectivity index (χ3v) is 7.21. The number of benzene rings is 2. The molecule has 3 nitrogen and oxygen atoms in total. The molecule has 4 rings (SSSR count). The van der Waals surface area contributed by atoms with Gasteiger partial charge in [0, 0.05) is 27.5 Å². The number of hydrogen-bond donors (Lipinski definition) is 1. The minimum absolute atomic E-state index is 0.0834. The molecule has 0 amide bonds. The van der Waals surface area contributed by atoms with Crippen molar-refractivity contribution in [2.45, 2.75) is 58.2 Å². The molecule has 158 valence electrons. The van der Waals surface area contributed by atoms with E-state index < -0.39 is 0 Å². The molecule has 6 heteroatoms. The fourth-order valence-corrected chi connectivity index (χ4v) is 5.44. The van der Waals surface area contributed by atoms with Gasteiger partial charge in [0.2, 0.25) is 0 Å². The molecule has 0 saturated heterocycles. The minimum Gasteiger partial charge on any atom is -0.392 e. The number of aliphatic hydroxyl groups is 1. The van der Waals surface area contributed by atoms with Crippen LogP contribution in [0, 0.1) is 6.92 Å². The predicted molar refractivity (Wildman–Crippen MR) is 128 cm³/mol. The van der Waals surface area contributed by atoms with Crippen molar-refractivity contribution in [3.8, 4) is 11.3 Å². The molecule has 1 fully saturated rings. The highest BCUT2D eigenvalue weighted by molar-refractivity contribution is 7.16. The van der Waals surface area contributed by atoms with E-state index in [2.05, 4.69) is 30.9 Å². The Morgan fingerprint density at radius 2 is 1.83 bits per heavy atom. The molecule has 1 atom stereocenters. The van der Waals surface area contributed by atoms with Gasteiger partial charge in [0.05, 0.1) is 17.3 Å². The van der Waals surface area contributed by atoms with Crippen LogP contribution in [0.2, 0.25) is 10.0 Å². The molecule has 1 aliphatic rings. The third kappa shape index (κ3) is 4.67. The molecule has 30 heavy (non-hydrogen) atoms. The van der Waals surface area contributed by atoms with Gasteiger partial charge in [0.25, 0.3) is 0 Å². The van der Waals surface area contributed by atoms with E-state index in [1.807, 2.05) is 24.3 Å². The minimum atomic E-state index is 0.0834. The Labute approximate surface area is 192 Å². The molecule has 1 unspecified atom stereocenters. The topological polar surface area (TPSA) is 36.4 Å². The van der Waals surface area contributed by atoms with E-state index in [1.54, 1.807) is 17.4 Å². The predicted octanol–water partition coefficient (Wildman–Crippen LogP) is 6.91. The lowest BCUT2D eigenvalue weighted by atomic mass is 10.0. The van der Waals surface area contributed by atoms with E-state index in [4.69, 9.17) is 28.2 Å². The first-order valence-electron chi connectivity index (χ1n) is 10.4. The second kappa shape index (κ2) is 9.27.